The lowest BCUT2D eigenvalue weighted by molar-refractivity contribution is -0.171. The molecule has 1 N–H and O–H groups in total. The van der Waals surface area contributed by atoms with Crippen molar-refractivity contribution in [2.45, 2.75) is 51.0 Å². The molecule has 0 amide bonds. The summed E-state index contributed by atoms with van der Waals surface area (Å²) in [5, 5.41) is 11.3. The van der Waals surface area contributed by atoms with Gasteiger partial charge in [0.1, 0.15) is 5.82 Å². The van der Waals surface area contributed by atoms with E-state index in [0.717, 1.165) is 23.0 Å². The molecule has 5 rings (SSSR count). The molecule has 1 nitrogen and oxygen atoms in total. The van der Waals surface area contributed by atoms with Gasteiger partial charge in [0.05, 0.1) is 5.60 Å². The van der Waals surface area contributed by atoms with Gasteiger partial charge in [-0.25, -0.2) is 4.39 Å². The molecule has 4 fully saturated rings. The fraction of sp³-hybridized carbons (Fsp3) is 0.667. The predicted molar refractivity (Wildman–Crippen MR) is 76.8 cm³/mol. The molecule has 0 aliphatic heterocycles. The van der Waals surface area contributed by atoms with Crippen LogP contribution in [0.1, 0.15) is 43.2 Å². The van der Waals surface area contributed by atoms with Crippen LogP contribution < -0.4 is 0 Å². The van der Waals surface area contributed by atoms with E-state index in [2.05, 4.69) is 0 Å². The summed E-state index contributed by atoms with van der Waals surface area (Å²) in [5.74, 6) is 2.42. The van der Waals surface area contributed by atoms with Crippen molar-refractivity contribution >= 4 is 0 Å². The Balaban J connectivity index is 1.66. The highest BCUT2D eigenvalue weighted by Crippen LogP contribution is 2.59. The number of halogens is 1. The van der Waals surface area contributed by atoms with Crippen molar-refractivity contribution in [2.24, 2.45) is 23.7 Å². The van der Waals surface area contributed by atoms with Gasteiger partial charge in [0, 0.05) is 6.42 Å². The molecule has 0 aromatic heterocycles. The molecule has 4 aliphatic carbocycles. The average molecular weight is 274 g/mol. The van der Waals surface area contributed by atoms with Crippen LogP contribution in [0.3, 0.4) is 0 Å². The maximum absolute atomic E-state index is 13.5. The van der Waals surface area contributed by atoms with Gasteiger partial charge in [-0.15, -0.1) is 0 Å². The smallest absolute Gasteiger partial charge is 0.123 e. The van der Waals surface area contributed by atoms with Gasteiger partial charge in [-0.1, -0.05) is 6.07 Å². The van der Waals surface area contributed by atoms with Gasteiger partial charge in [0.15, 0.2) is 0 Å². The summed E-state index contributed by atoms with van der Waals surface area (Å²) in [5.41, 5.74) is 1.53. The normalized spacial score (nSPS) is 42.1. The van der Waals surface area contributed by atoms with Gasteiger partial charge in [0.2, 0.25) is 0 Å². The van der Waals surface area contributed by atoms with Gasteiger partial charge < -0.3 is 5.11 Å². The molecule has 1 aromatic rings. The van der Waals surface area contributed by atoms with Crippen LogP contribution in [0.25, 0.3) is 0 Å². The number of hydrogen-bond donors (Lipinski definition) is 1. The maximum Gasteiger partial charge on any atom is 0.123 e. The first-order valence-electron chi connectivity index (χ1n) is 8.02. The van der Waals surface area contributed by atoms with Crippen LogP contribution in [0.5, 0.6) is 0 Å². The van der Waals surface area contributed by atoms with Crippen molar-refractivity contribution < 1.29 is 9.50 Å². The van der Waals surface area contributed by atoms with E-state index in [1.807, 2.05) is 13.0 Å². The van der Waals surface area contributed by atoms with E-state index in [9.17, 15) is 9.50 Å². The van der Waals surface area contributed by atoms with E-state index in [1.54, 1.807) is 6.07 Å². The standard InChI is InChI=1S/C18H23FO/c1-11-2-3-17(19)9-14(11)10-18(20)15-5-12-4-13(7-15)8-16(18)6-12/h2-3,9,12-13,15-16,20H,4-8,10H2,1H3. The van der Waals surface area contributed by atoms with Gasteiger partial charge >= 0.3 is 0 Å². The zero-order valence-electron chi connectivity index (χ0n) is 12.1. The molecule has 0 atom stereocenters. The first-order chi connectivity index (χ1) is 9.54. The summed E-state index contributed by atoms with van der Waals surface area (Å²) in [6.45, 7) is 2.02. The summed E-state index contributed by atoms with van der Waals surface area (Å²) < 4.78 is 13.5. The first kappa shape index (κ1) is 12.8. The van der Waals surface area contributed by atoms with Crippen molar-refractivity contribution in [2.75, 3.05) is 0 Å². The molecule has 0 radical (unpaired) electrons. The number of hydrogen-bond acceptors (Lipinski definition) is 1. The quantitative estimate of drug-likeness (QED) is 0.868. The third-order valence-electron chi connectivity index (χ3n) is 6.34. The summed E-state index contributed by atoms with van der Waals surface area (Å²) in [7, 11) is 0. The van der Waals surface area contributed by atoms with Crippen molar-refractivity contribution in [1.82, 2.24) is 0 Å². The van der Waals surface area contributed by atoms with Crippen LogP contribution in [0.15, 0.2) is 18.2 Å². The predicted octanol–water partition coefficient (Wildman–Crippen LogP) is 3.86. The monoisotopic (exact) mass is 274 g/mol. The minimum atomic E-state index is -0.577. The molecule has 0 spiro atoms. The fourth-order valence-electron chi connectivity index (χ4n) is 5.42. The molecule has 0 saturated heterocycles. The van der Waals surface area contributed by atoms with Crippen LogP contribution in [-0.2, 0) is 6.42 Å². The second kappa shape index (κ2) is 4.30. The minimum Gasteiger partial charge on any atom is -0.389 e. The van der Waals surface area contributed by atoms with Gasteiger partial charge in [0.25, 0.3) is 0 Å². The van der Waals surface area contributed by atoms with Crippen LogP contribution >= 0.6 is 0 Å². The van der Waals surface area contributed by atoms with E-state index in [-0.39, 0.29) is 5.82 Å². The number of aryl methyl sites for hydroxylation is 1. The van der Waals surface area contributed by atoms with Gasteiger partial charge in [-0.05, 0) is 86.0 Å². The zero-order valence-corrected chi connectivity index (χ0v) is 12.1. The highest BCUT2D eigenvalue weighted by atomic mass is 19.1. The van der Waals surface area contributed by atoms with Crippen molar-refractivity contribution in [3.63, 3.8) is 0 Å². The van der Waals surface area contributed by atoms with E-state index < -0.39 is 5.60 Å². The van der Waals surface area contributed by atoms with Crippen molar-refractivity contribution in [1.29, 1.82) is 0 Å². The third kappa shape index (κ3) is 1.84. The SMILES string of the molecule is Cc1ccc(F)cc1CC1(O)C2CC3CC(C2)CC1C3. The molecule has 2 heteroatoms. The van der Waals surface area contributed by atoms with Crippen LogP contribution in [0.4, 0.5) is 4.39 Å². The lowest BCUT2D eigenvalue weighted by atomic mass is 9.49. The van der Waals surface area contributed by atoms with E-state index in [4.69, 9.17) is 0 Å². The topological polar surface area (TPSA) is 20.2 Å². The Labute approximate surface area is 120 Å². The molecular formula is C18H23FO. The number of aliphatic hydroxyl groups is 1. The molecule has 1 aromatic carbocycles. The number of rotatable bonds is 2. The molecule has 0 unspecified atom stereocenters. The van der Waals surface area contributed by atoms with Gasteiger partial charge in [-0.3, -0.25) is 0 Å². The lowest BCUT2D eigenvalue weighted by Crippen LogP contribution is -2.58. The first-order valence-corrected chi connectivity index (χ1v) is 8.02. The van der Waals surface area contributed by atoms with Crippen molar-refractivity contribution in [3.8, 4) is 0 Å². The van der Waals surface area contributed by atoms with E-state index in [0.29, 0.717) is 18.3 Å². The van der Waals surface area contributed by atoms with Crippen molar-refractivity contribution in [3.05, 3.63) is 35.1 Å². The lowest BCUT2D eigenvalue weighted by Gasteiger charge is -2.59. The summed E-state index contributed by atoms with van der Waals surface area (Å²) in [4.78, 5) is 0. The second-order valence-corrected chi connectivity index (χ2v) is 7.54. The third-order valence-corrected chi connectivity index (χ3v) is 6.34. The molecule has 20 heavy (non-hydrogen) atoms. The Morgan fingerprint density at radius 1 is 1.10 bits per heavy atom. The Hall–Kier alpha value is -0.890. The van der Waals surface area contributed by atoms with Crippen LogP contribution in [0, 0.1) is 36.4 Å². The molecule has 4 bridgehead atoms. The summed E-state index contributed by atoms with van der Waals surface area (Å²) in [6, 6.07) is 4.97. The Morgan fingerprint density at radius 2 is 1.70 bits per heavy atom. The van der Waals surface area contributed by atoms with E-state index in [1.165, 1.54) is 38.2 Å². The molecular weight excluding hydrogens is 251 g/mol. The molecule has 4 aliphatic rings. The number of benzene rings is 1. The molecule has 4 saturated carbocycles. The second-order valence-electron chi connectivity index (χ2n) is 7.54. The Kier molecular flexibility index (Phi) is 2.76. The average Bonchev–Trinajstić information content (AvgIpc) is 2.40. The van der Waals surface area contributed by atoms with Crippen LogP contribution in [-0.4, -0.2) is 10.7 Å². The highest BCUT2D eigenvalue weighted by Gasteiger charge is 2.56. The Morgan fingerprint density at radius 3 is 2.30 bits per heavy atom. The maximum atomic E-state index is 13.5. The fourth-order valence-corrected chi connectivity index (χ4v) is 5.42. The zero-order chi connectivity index (χ0) is 13.9. The molecule has 0 heterocycles. The minimum absolute atomic E-state index is 0.182. The van der Waals surface area contributed by atoms with E-state index >= 15 is 0 Å². The summed E-state index contributed by atoms with van der Waals surface area (Å²) in [6.07, 6.45) is 6.80. The van der Waals surface area contributed by atoms with Crippen LogP contribution in [0.2, 0.25) is 0 Å². The highest BCUT2D eigenvalue weighted by molar-refractivity contribution is 5.29. The largest absolute Gasteiger partial charge is 0.389 e. The summed E-state index contributed by atoms with van der Waals surface area (Å²) >= 11 is 0. The Bertz CT molecular complexity index is 508. The molecule has 108 valence electrons. The van der Waals surface area contributed by atoms with Gasteiger partial charge in [-0.2, -0.15) is 0 Å².